The van der Waals surface area contributed by atoms with E-state index in [1.165, 1.54) is 6.20 Å². The van der Waals surface area contributed by atoms with Crippen molar-refractivity contribution < 1.29 is 9.53 Å². The van der Waals surface area contributed by atoms with E-state index >= 15 is 0 Å². The van der Waals surface area contributed by atoms with Crippen molar-refractivity contribution in [1.82, 2.24) is 24.8 Å². The van der Waals surface area contributed by atoms with Gasteiger partial charge in [-0.2, -0.15) is 5.10 Å². The van der Waals surface area contributed by atoms with Crippen LogP contribution in [0.2, 0.25) is 0 Å². The zero-order chi connectivity index (χ0) is 18.1. The molecule has 0 saturated carbocycles. The van der Waals surface area contributed by atoms with Gasteiger partial charge >= 0.3 is 0 Å². The lowest BCUT2D eigenvalue weighted by atomic mass is 10.2. The number of hydrogen-bond acceptors (Lipinski definition) is 7. The number of ether oxygens (including phenoxy) is 1. The molecule has 2 atom stereocenters. The second-order valence-electron chi connectivity index (χ2n) is 6.33. The highest BCUT2D eigenvalue weighted by molar-refractivity contribution is 6.02. The number of fused-ring (bicyclic) bond motifs is 1. The Kier molecular flexibility index (Phi) is 4.21. The Bertz CT molecular complexity index is 917. The summed E-state index contributed by atoms with van der Waals surface area (Å²) in [5.41, 5.74) is 0.939. The van der Waals surface area contributed by atoms with Gasteiger partial charge < -0.3 is 15.0 Å². The minimum Gasteiger partial charge on any atom is -0.372 e. The maximum Gasteiger partial charge on any atom is 0.277 e. The summed E-state index contributed by atoms with van der Waals surface area (Å²) in [5.74, 6) is 0.817. The summed E-state index contributed by atoms with van der Waals surface area (Å²) >= 11 is 0. The van der Waals surface area contributed by atoms with Gasteiger partial charge in [-0.15, -0.1) is 10.2 Å². The molecule has 0 aliphatic carbocycles. The third-order valence-electron chi connectivity index (χ3n) is 4.14. The fraction of sp³-hybridized carbons (Fsp3) is 0.353. The Hall–Kier alpha value is -3.07. The first-order valence-electron chi connectivity index (χ1n) is 8.44. The van der Waals surface area contributed by atoms with Gasteiger partial charge in [0.1, 0.15) is 5.82 Å². The predicted molar refractivity (Wildman–Crippen MR) is 95.2 cm³/mol. The van der Waals surface area contributed by atoms with Crippen LogP contribution < -0.4 is 10.2 Å². The van der Waals surface area contributed by atoms with Crippen LogP contribution in [-0.4, -0.2) is 56.0 Å². The monoisotopic (exact) mass is 353 g/mol. The number of carbonyl (C=O) groups is 1. The molecule has 9 nitrogen and oxygen atoms in total. The van der Waals surface area contributed by atoms with Crippen LogP contribution in [0.3, 0.4) is 0 Å². The van der Waals surface area contributed by atoms with Crippen LogP contribution in [0.4, 0.5) is 11.6 Å². The van der Waals surface area contributed by atoms with Crippen LogP contribution in [-0.2, 0) is 4.74 Å². The van der Waals surface area contributed by atoms with Crippen LogP contribution in [0.15, 0.2) is 36.7 Å². The molecular weight excluding hydrogens is 334 g/mol. The Labute approximate surface area is 150 Å². The standard InChI is InChI=1S/C17H19N7O2/c1-11-9-23(10-12(2)26-11)16-6-5-15-18-8-13(24(15)22-16)17(25)20-14-4-3-7-19-21-14/h3-8,11-12H,9-10H2,1-2H3,(H,20,21,25). The van der Waals surface area contributed by atoms with Crippen molar-refractivity contribution in [1.29, 1.82) is 0 Å². The van der Waals surface area contributed by atoms with Crippen molar-refractivity contribution in [2.24, 2.45) is 0 Å². The quantitative estimate of drug-likeness (QED) is 0.760. The minimum absolute atomic E-state index is 0.124. The van der Waals surface area contributed by atoms with E-state index in [0.717, 1.165) is 18.9 Å². The van der Waals surface area contributed by atoms with Gasteiger partial charge in [-0.3, -0.25) is 4.79 Å². The van der Waals surface area contributed by atoms with Gasteiger partial charge in [0.15, 0.2) is 17.2 Å². The Morgan fingerprint density at radius 1 is 1.23 bits per heavy atom. The summed E-state index contributed by atoms with van der Waals surface area (Å²) in [4.78, 5) is 19.0. The second-order valence-corrected chi connectivity index (χ2v) is 6.33. The van der Waals surface area contributed by atoms with Gasteiger partial charge in [0, 0.05) is 19.3 Å². The van der Waals surface area contributed by atoms with Gasteiger partial charge in [0.05, 0.1) is 18.4 Å². The van der Waals surface area contributed by atoms with E-state index in [9.17, 15) is 4.79 Å². The number of nitrogens with one attached hydrogen (secondary N) is 1. The average molecular weight is 353 g/mol. The van der Waals surface area contributed by atoms with Gasteiger partial charge in [-0.25, -0.2) is 9.50 Å². The van der Waals surface area contributed by atoms with Crippen molar-refractivity contribution in [2.75, 3.05) is 23.3 Å². The normalized spacial score (nSPS) is 20.3. The van der Waals surface area contributed by atoms with Crippen LogP contribution in [0.25, 0.3) is 5.65 Å². The molecule has 3 aromatic rings. The lowest BCUT2D eigenvalue weighted by Crippen LogP contribution is -2.46. The first-order chi connectivity index (χ1) is 12.6. The molecule has 4 rings (SSSR count). The topological polar surface area (TPSA) is 97.5 Å². The molecule has 3 aromatic heterocycles. The van der Waals surface area contributed by atoms with Crippen molar-refractivity contribution in [3.63, 3.8) is 0 Å². The van der Waals surface area contributed by atoms with Crippen molar-refractivity contribution in [3.05, 3.63) is 42.4 Å². The summed E-state index contributed by atoms with van der Waals surface area (Å²) in [7, 11) is 0. The third-order valence-corrected chi connectivity index (χ3v) is 4.14. The van der Waals surface area contributed by atoms with E-state index < -0.39 is 0 Å². The fourth-order valence-corrected chi connectivity index (χ4v) is 3.10. The van der Waals surface area contributed by atoms with Crippen molar-refractivity contribution >= 4 is 23.2 Å². The lowest BCUT2D eigenvalue weighted by Gasteiger charge is -2.35. The first kappa shape index (κ1) is 16.4. The molecule has 0 spiro atoms. The summed E-state index contributed by atoms with van der Waals surface area (Å²) in [6, 6.07) is 7.14. The molecular formula is C17H19N7O2. The third kappa shape index (κ3) is 3.21. The molecule has 2 unspecified atom stereocenters. The molecule has 1 fully saturated rings. The van der Waals surface area contributed by atoms with E-state index in [4.69, 9.17) is 4.74 Å². The zero-order valence-electron chi connectivity index (χ0n) is 14.5. The molecule has 9 heteroatoms. The highest BCUT2D eigenvalue weighted by Crippen LogP contribution is 2.19. The van der Waals surface area contributed by atoms with Crippen LogP contribution in [0.5, 0.6) is 0 Å². The van der Waals surface area contributed by atoms with Gasteiger partial charge in [0.25, 0.3) is 5.91 Å². The number of hydrogen-bond donors (Lipinski definition) is 1. The fourth-order valence-electron chi connectivity index (χ4n) is 3.10. The molecule has 1 saturated heterocycles. The molecule has 4 heterocycles. The molecule has 0 aromatic carbocycles. The number of imidazole rings is 1. The maximum atomic E-state index is 12.6. The molecule has 0 radical (unpaired) electrons. The van der Waals surface area contributed by atoms with Gasteiger partial charge in [0.2, 0.25) is 0 Å². The predicted octanol–water partition coefficient (Wildman–Crippen LogP) is 1.39. The van der Waals surface area contributed by atoms with Gasteiger partial charge in [-0.1, -0.05) is 0 Å². The van der Waals surface area contributed by atoms with E-state index in [0.29, 0.717) is 17.2 Å². The van der Waals surface area contributed by atoms with Crippen molar-refractivity contribution in [2.45, 2.75) is 26.1 Å². The number of nitrogens with zero attached hydrogens (tertiary/aromatic N) is 6. The minimum atomic E-state index is -0.341. The smallest absolute Gasteiger partial charge is 0.277 e. The molecule has 134 valence electrons. The Balaban J connectivity index is 1.63. The summed E-state index contributed by atoms with van der Waals surface area (Å²) in [6.45, 7) is 5.58. The number of aromatic nitrogens is 5. The summed E-state index contributed by atoms with van der Waals surface area (Å²) < 4.78 is 7.32. The average Bonchev–Trinajstić information content (AvgIpc) is 3.05. The Morgan fingerprint density at radius 3 is 2.77 bits per heavy atom. The SMILES string of the molecule is CC1CN(c2ccc3ncc(C(=O)Nc4cccnn4)n3n2)CC(C)O1. The van der Waals surface area contributed by atoms with Crippen LogP contribution in [0.1, 0.15) is 24.3 Å². The molecule has 0 bridgehead atoms. The van der Waals surface area contributed by atoms with E-state index in [1.54, 1.807) is 22.8 Å². The molecule has 1 amide bonds. The first-order valence-corrected chi connectivity index (χ1v) is 8.44. The van der Waals surface area contributed by atoms with Crippen molar-refractivity contribution in [3.8, 4) is 0 Å². The number of rotatable bonds is 3. The van der Waals surface area contributed by atoms with Gasteiger partial charge in [-0.05, 0) is 38.1 Å². The number of amides is 1. The zero-order valence-corrected chi connectivity index (χ0v) is 14.5. The highest BCUT2D eigenvalue weighted by Gasteiger charge is 2.24. The maximum absolute atomic E-state index is 12.6. The second kappa shape index (κ2) is 6.68. The summed E-state index contributed by atoms with van der Waals surface area (Å²) in [6.07, 6.45) is 3.29. The Morgan fingerprint density at radius 2 is 2.04 bits per heavy atom. The molecule has 1 aliphatic rings. The van der Waals surface area contributed by atoms with E-state index in [-0.39, 0.29) is 18.1 Å². The largest absolute Gasteiger partial charge is 0.372 e. The van der Waals surface area contributed by atoms with Crippen LogP contribution in [0, 0.1) is 0 Å². The van der Waals surface area contributed by atoms with E-state index in [2.05, 4.69) is 30.5 Å². The number of carbonyl (C=O) groups excluding carboxylic acids is 1. The molecule has 1 N–H and O–H groups in total. The lowest BCUT2D eigenvalue weighted by molar-refractivity contribution is -0.00552. The van der Waals surface area contributed by atoms with E-state index in [1.807, 2.05) is 26.0 Å². The molecule has 1 aliphatic heterocycles. The number of morpholine rings is 1. The number of anilines is 2. The van der Waals surface area contributed by atoms with Crippen LogP contribution >= 0.6 is 0 Å². The highest BCUT2D eigenvalue weighted by atomic mass is 16.5. The molecule has 26 heavy (non-hydrogen) atoms. The summed E-state index contributed by atoms with van der Waals surface area (Å²) in [5, 5.41) is 14.9.